The molecule has 172 valence electrons. The number of ether oxygens (including phenoxy) is 1. The number of anilines is 1. The summed E-state index contributed by atoms with van der Waals surface area (Å²) in [6.45, 7) is 5.05. The largest absolute Gasteiger partial charge is 0.379 e. The molecule has 0 saturated carbocycles. The van der Waals surface area contributed by atoms with E-state index in [4.69, 9.17) is 4.74 Å². The molecule has 6 nitrogen and oxygen atoms in total. The van der Waals surface area contributed by atoms with E-state index in [1.807, 2.05) is 6.07 Å². The first-order valence-electron chi connectivity index (χ1n) is 11.2. The first-order chi connectivity index (χ1) is 15.7. The summed E-state index contributed by atoms with van der Waals surface area (Å²) in [5.41, 5.74) is 1.30. The number of rotatable bonds is 6. The Hall–Kier alpha value is -2.71. The minimum absolute atomic E-state index is 0.0520. The van der Waals surface area contributed by atoms with Gasteiger partial charge in [-0.25, -0.2) is 8.78 Å². The van der Waals surface area contributed by atoms with Crippen LogP contribution in [0, 0.1) is 11.6 Å². The minimum Gasteiger partial charge on any atom is -0.379 e. The van der Waals surface area contributed by atoms with Crippen LogP contribution in [0.3, 0.4) is 0 Å². The summed E-state index contributed by atoms with van der Waals surface area (Å²) in [5, 5.41) is 6.88. The predicted octanol–water partition coefficient (Wildman–Crippen LogP) is 2.78. The molecule has 0 bridgehead atoms. The molecule has 2 fully saturated rings. The maximum atomic E-state index is 14.2. The zero-order valence-corrected chi connectivity index (χ0v) is 18.4. The van der Waals surface area contributed by atoms with Crippen LogP contribution in [0.2, 0.25) is 0 Å². The fourth-order valence-electron chi connectivity index (χ4n) is 4.48. The van der Waals surface area contributed by atoms with Crippen molar-refractivity contribution in [3.05, 3.63) is 65.7 Å². The van der Waals surface area contributed by atoms with Gasteiger partial charge in [0.15, 0.2) is 5.96 Å². The van der Waals surface area contributed by atoms with Gasteiger partial charge in [0.2, 0.25) is 0 Å². The normalized spacial score (nSPS) is 20.9. The Balaban J connectivity index is 1.37. The van der Waals surface area contributed by atoms with Gasteiger partial charge in [-0.05, 0) is 24.1 Å². The molecule has 4 rings (SSSR count). The second kappa shape index (κ2) is 10.7. The molecule has 2 unspecified atom stereocenters. The number of aliphatic imine (C=N–C) groups is 1. The van der Waals surface area contributed by atoms with Crippen LogP contribution in [-0.2, 0) is 4.74 Å². The van der Waals surface area contributed by atoms with Crippen LogP contribution in [0.1, 0.15) is 18.0 Å². The Kier molecular flexibility index (Phi) is 7.55. The van der Waals surface area contributed by atoms with Crippen molar-refractivity contribution in [3.63, 3.8) is 0 Å². The molecule has 0 aromatic heterocycles. The molecule has 32 heavy (non-hydrogen) atoms. The van der Waals surface area contributed by atoms with E-state index in [0.717, 1.165) is 32.7 Å². The van der Waals surface area contributed by atoms with E-state index >= 15 is 0 Å². The molecule has 0 radical (unpaired) electrons. The summed E-state index contributed by atoms with van der Waals surface area (Å²) in [6, 6.07) is 14.7. The summed E-state index contributed by atoms with van der Waals surface area (Å²) in [6.07, 6.45) is 0.778. The Morgan fingerprint density at radius 2 is 1.78 bits per heavy atom. The smallest absolute Gasteiger partial charge is 0.191 e. The van der Waals surface area contributed by atoms with Gasteiger partial charge in [0.1, 0.15) is 17.3 Å². The highest BCUT2D eigenvalue weighted by Crippen LogP contribution is 2.27. The zero-order chi connectivity index (χ0) is 22.3. The lowest BCUT2D eigenvalue weighted by Crippen LogP contribution is -2.48. The van der Waals surface area contributed by atoms with Crippen molar-refractivity contribution in [2.75, 3.05) is 57.9 Å². The lowest BCUT2D eigenvalue weighted by Gasteiger charge is -2.35. The summed E-state index contributed by atoms with van der Waals surface area (Å²) in [4.78, 5) is 8.57. The van der Waals surface area contributed by atoms with Crippen molar-refractivity contribution >= 4 is 11.6 Å². The molecule has 2 N–H and O–H groups in total. The van der Waals surface area contributed by atoms with E-state index in [1.54, 1.807) is 11.9 Å². The molecule has 0 amide bonds. The molecule has 2 aliphatic rings. The molecular formula is C24H31F2N5O. The van der Waals surface area contributed by atoms with Gasteiger partial charge in [-0.1, -0.05) is 36.4 Å². The van der Waals surface area contributed by atoms with Crippen molar-refractivity contribution in [3.8, 4) is 0 Å². The highest BCUT2D eigenvalue weighted by molar-refractivity contribution is 5.80. The maximum Gasteiger partial charge on any atom is 0.191 e. The van der Waals surface area contributed by atoms with Crippen molar-refractivity contribution in [1.82, 2.24) is 15.5 Å². The van der Waals surface area contributed by atoms with Gasteiger partial charge in [-0.15, -0.1) is 0 Å². The molecule has 2 aromatic carbocycles. The average Bonchev–Trinajstić information content (AvgIpc) is 3.27. The van der Waals surface area contributed by atoms with Crippen molar-refractivity contribution in [2.24, 2.45) is 4.99 Å². The Morgan fingerprint density at radius 3 is 2.47 bits per heavy atom. The molecule has 2 atom stereocenters. The summed E-state index contributed by atoms with van der Waals surface area (Å²) >= 11 is 0. The molecular weight excluding hydrogens is 412 g/mol. The third-order valence-corrected chi connectivity index (χ3v) is 6.14. The van der Waals surface area contributed by atoms with Crippen molar-refractivity contribution in [2.45, 2.75) is 18.5 Å². The van der Waals surface area contributed by atoms with Gasteiger partial charge in [0, 0.05) is 45.8 Å². The third kappa shape index (κ3) is 5.37. The number of benzene rings is 2. The fraction of sp³-hybridized carbons (Fsp3) is 0.458. The van der Waals surface area contributed by atoms with Crippen LogP contribution in [0.5, 0.6) is 0 Å². The highest BCUT2D eigenvalue weighted by atomic mass is 19.1. The number of guanidine groups is 1. The Bertz CT molecular complexity index is 884. The second-order valence-electron chi connectivity index (χ2n) is 8.17. The van der Waals surface area contributed by atoms with Crippen LogP contribution in [0.4, 0.5) is 14.5 Å². The Morgan fingerprint density at radius 1 is 1.06 bits per heavy atom. The number of hydrogen-bond donors (Lipinski definition) is 2. The highest BCUT2D eigenvalue weighted by Gasteiger charge is 2.28. The summed E-state index contributed by atoms with van der Waals surface area (Å²) < 4.78 is 33.8. The quantitative estimate of drug-likeness (QED) is 0.531. The fourth-order valence-corrected chi connectivity index (χ4v) is 4.48. The topological polar surface area (TPSA) is 52.1 Å². The lowest BCUT2D eigenvalue weighted by atomic mass is 10.0. The van der Waals surface area contributed by atoms with Crippen LogP contribution >= 0.6 is 0 Å². The predicted molar refractivity (Wildman–Crippen MR) is 123 cm³/mol. The second-order valence-corrected chi connectivity index (χ2v) is 8.17. The number of hydrogen-bond acceptors (Lipinski definition) is 4. The van der Waals surface area contributed by atoms with E-state index in [1.165, 1.54) is 23.8 Å². The van der Waals surface area contributed by atoms with E-state index in [9.17, 15) is 8.78 Å². The third-order valence-electron chi connectivity index (χ3n) is 6.14. The molecule has 2 saturated heterocycles. The Labute approximate surface area is 188 Å². The SMILES string of the molecule is CN=C(NCC(c1ccccc1)N1CCOCC1)NC1CCN(c2c(F)cccc2F)C1. The molecule has 0 aliphatic carbocycles. The summed E-state index contributed by atoms with van der Waals surface area (Å²) in [5.74, 6) is -0.353. The van der Waals surface area contributed by atoms with E-state index in [-0.39, 0.29) is 17.8 Å². The first kappa shape index (κ1) is 22.5. The van der Waals surface area contributed by atoms with Gasteiger partial charge < -0.3 is 20.3 Å². The average molecular weight is 444 g/mol. The van der Waals surface area contributed by atoms with E-state index in [2.05, 4.69) is 44.8 Å². The summed E-state index contributed by atoms with van der Waals surface area (Å²) in [7, 11) is 1.74. The maximum absolute atomic E-state index is 14.2. The van der Waals surface area contributed by atoms with E-state index < -0.39 is 11.6 Å². The van der Waals surface area contributed by atoms with Crippen molar-refractivity contribution < 1.29 is 13.5 Å². The van der Waals surface area contributed by atoms with Crippen LogP contribution in [-0.4, -0.2) is 69.9 Å². The van der Waals surface area contributed by atoms with Gasteiger partial charge in [-0.3, -0.25) is 9.89 Å². The molecule has 2 heterocycles. The molecule has 8 heteroatoms. The van der Waals surface area contributed by atoms with Crippen LogP contribution in [0.15, 0.2) is 53.5 Å². The molecule has 2 aromatic rings. The van der Waals surface area contributed by atoms with Gasteiger partial charge in [0.25, 0.3) is 0 Å². The standard InChI is InChI=1S/C24H31F2N5O/c1-27-24(29-19-10-11-31(17-19)23-20(25)8-5-9-21(23)26)28-16-22(18-6-3-2-4-7-18)30-12-14-32-15-13-30/h2-9,19,22H,10-17H2,1H3,(H2,27,28,29). The zero-order valence-electron chi connectivity index (χ0n) is 18.4. The van der Waals surface area contributed by atoms with Crippen molar-refractivity contribution in [1.29, 1.82) is 0 Å². The minimum atomic E-state index is -0.524. The number of nitrogens with zero attached hydrogens (tertiary/aromatic N) is 3. The van der Waals surface area contributed by atoms with Crippen LogP contribution < -0.4 is 15.5 Å². The monoisotopic (exact) mass is 443 g/mol. The number of morpholine rings is 1. The molecule has 0 spiro atoms. The first-order valence-corrected chi connectivity index (χ1v) is 11.2. The van der Waals surface area contributed by atoms with Gasteiger partial charge >= 0.3 is 0 Å². The number of nitrogens with one attached hydrogen (secondary N) is 2. The van der Waals surface area contributed by atoms with Gasteiger partial charge in [-0.2, -0.15) is 0 Å². The van der Waals surface area contributed by atoms with Gasteiger partial charge in [0.05, 0.1) is 19.3 Å². The number of para-hydroxylation sites is 1. The molecule has 2 aliphatic heterocycles. The van der Waals surface area contributed by atoms with E-state index in [0.29, 0.717) is 25.6 Å². The number of halogens is 2. The lowest BCUT2D eigenvalue weighted by molar-refractivity contribution is 0.0170. The van der Waals surface area contributed by atoms with Crippen LogP contribution in [0.25, 0.3) is 0 Å².